The molecular weight excluding hydrogens is 606 g/mol. The van der Waals surface area contributed by atoms with E-state index in [1.807, 2.05) is 12.1 Å². The Labute approximate surface area is 296 Å². The summed E-state index contributed by atoms with van der Waals surface area (Å²) < 4.78 is 0. The van der Waals surface area contributed by atoms with Crippen molar-refractivity contribution in [1.82, 2.24) is 10.2 Å². The fourth-order valence-corrected chi connectivity index (χ4v) is 13.4. The van der Waals surface area contributed by atoms with Gasteiger partial charge in [0.25, 0.3) is 0 Å². The fourth-order valence-electron chi connectivity index (χ4n) is 13.4. The van der Waals surface area contributed by atoms with Gasteiger partial charge in [0.2, 0.25) is 5.91 Å². The van der Waals surface area contributed by atoms with Crippen LogP contribution in [0.25, 0.3) is 5.57 Å². The van der Waals surface area contributed by atoms with Crippen LogP contribution in [0, 0.1) is 62.1 Å². The number of carbonyl (C=O) groups is 2. The van der Waals surface area contributed by atoms with Gasteiger partial charge in [0.1, 0.15) is 0 Å². The number of carbonyl (C=O) groups excluding carboxylic acids is 1. The second-order valence-electron chi connectivity index (χ2n) is 18.7. The summed E-state index contributed by atoms with van der Waals surface area (Å²) in [4.78, 5) is 28.1. The van der Waals surface area contributed by atoms with Crippen molar-refractivity contribution >= 4 is 23.2 Å². The van der Waals surface area contributed by atoms with Gasteiger partial charge in [-0.15, -0.1) is 6.58 Å². The van der Waals surface area contributed by atoms with E-state index in [2.05, 4.69) is 78.5 Å². The van der Waals surface area contributed by atoms with Crippen molar-refractivity contribution in [3.63, 3.8) is 0 Å². The van der Waals surface area contributed by atoms with Crippen molar-refractivity contribution in [2.24, 2.45) is 56.7 Å². The highest BCUT2D eigenvalue weighted by atomic mass is 16.4. The highest BCUT2D eigenvalue weighted by Crippen LogP contribution is 2.77. The monoisotopic (exact) mass is 669 g/mol. The average molecular weight is 670 g/mol. The summed E-state index contributed by atoms with van der Waals surface area (Å²) in [6.45, 7) is 20.5. The molecule has 6 nitrogen and oxygen atoms in total. The molecule has 9 unspecified atom stereocenters. The summed E-state index contributed by atoms with van der Waals surface area (Å²) in [6.07, 6.45) is 12.6. The third-order valence-corrected chi connectivity index (χ3v) is 15.4. The van der Waals surface area contributed by atoms with Crippen molar-refractivity contribution in [2.75, 3.05) is 27.2 Å². The molecule has 0 heterocycles. The van der Waals surface area contributed by atoms with E-state index >= 15 is 0 Å². The van der Waals surface area contributed by atoms with Crippen LogP contribution in [-0.4, -0.2) is 54.8 Å². The van der Waals surface area contributed by atoms with Gasteiger partial charge in [0.05, 0.1) is 11.0 Å². The van der Waals surface area contributed by atoms with Crippen molar-refractivity contribution < 1.29 is 14.7 Å². The van der Waals surface area contributed by atoms with Crippen LogP contribution in [0.3, 0.4) is 0 Å². The van der Waals surface area contributed by atoms with Gasteiger partial charge in [-0.05, 0) is 160 Å². The van der Waals surface area contributed by atoms with Gasteiger partial charge < -0.3 is 20.7 Å². The number of carboxylic acids is 1. The van der Waals surface area contributed by atoms with Gasteiger partial charge in [-0.1, -0.05) is 58.4 Å². The molecule has 5 aliphatic carbocycles. The van der Waals surface area contributed by atoms with E-state index in [4.69, 9.17) is 0 Å². The number of aromatic carboxylic acids is 1. The lowest BCUT2D eigenvalue weighted by molar-refractivity contribution is -0.204. The number of allylic oxidation sites excluding steroid dienone is 3. The van der Waals surface area contributed by atoms with Crippen LogP contribution in [0.5, 0.6) is 0 Å². The maximum Gasteiger partial charge on any atom is 0.335 e. The summed E-state index contributed by atoms with van der Waals surface area (Å²) >= 11 is 0. The molecule has 0 bridgehead atoms. The number of hydrogen-bond acceptors (Lipinski definition) is 4. The Morgan fingerprint density at radius 1 is 1.00 bits per heavy atom. The molecule has 6 heteroatoms. The molecule has 268 valence electrons. The molecule has 0 aromatic heterocycles. The predicted octanol–water partition coefficient (Wildman–Crippen LogP) is 9.12. The largest absolute Gasteiger partial charge is 0.478 e. The van der Waals surface area contributed by atoms with Gasteiger partial charge in [0.15, 0.2) is 0 Å². The van der Waals surface area contributed by atoms with Crippen LogP contribution in [0.4, 0.5) is 0 Å². The van der Waals surface area contributed by atoms with E-state index < -0.39 is 5.97 Å². The molecule has 0 aliphatic heterocycles. The second-order valence-corrected chi connectivity index (χ2v) is 18.7. The molecule has 0 radical (unpaired) electrons. The summed E-state index contributed by atoms with van der Waals surface area (Å²) in [7, 11) is 4.18. The Kier molecular flexibility index (Phi) is 9.20. The lowest BCUT2D eigenvalue weighted by Gasteiger charge is -2.72. The molecule has 3 N–H and O–H groups in total. The first kappa shape index (κ1) is 36.1. The Balaban J connectivity index is 1.34. The predicted molar refractivity (Wildman–Crippen MR) is 200 cm³/mol. The number of fused-ring (bicyclic) bond motifs is 7. The zero-order chi connectivity index (χ0) is 35.7. The number of carboxylic acid groups (broad SMARTS) is 1. The Morgan fingerprint density at radius 2 is 1.69 bits per heavy atom. The number of hydrogen-bond donors (Lipinski definition) is 3. The number of rotatable bonds is 9. The standard InChI is InChI=1S/C43H63N3O3/c1-27(2)25-30-17-20-43(38(49)45-23-10-24-46(8)9)22-21-41(6)32(35(30)43)15-16-34-40(5)19-18-31(28-11-13-29(14-12-28)37(47)48)39(3,4)36(40)33(44)26-42(34,41)7/h11-14,18,30,32,34-36,44H,1,10,15-17,19-26H2,2-9H3,(H,45,49)(H,47,48). The van der Waals surface area contributed by atoms with Gasteiger partial charge in [0, 0.05) is 18.2 Å². The second kappa shape index (κ2) is 12.5. The summed E-state index contributed by atoms with van der Waals surface area (Å²) in [6, 6.07) is 7.34. The van der Waals surface area contributed by atoms with Gasteiger partial charge in [-0.25, -0.2) is 4.79 Å². The molecule has 5 aliphatic rings. The van der Waals surface area contributed by atoms with E-state index in [9.17, 15) is 20.1 Å². The minimum absolute atomic E-state index is 0.0203. The highest BCUT2D eigenvalue weighted by molar-refractivity contribution is 5.92. The molecule has 6 rings (SSSR count). The normalized spacial score (nSPS) is 39.2. The van der Waals surface area contributed by atoms with Crippen LogP contribution < -0.4 is 5.32 Å². The third kappa shape index (κ3) is 5.49. The fraction of sp³-hybridized carbons (Fsp3) is 0.698. The summed E-state index contributed by atoms with van der Waals surface area (Å²) in [5.41, 5.74) is 4.19. The average Bonchev–Trinajstić information content (AvgIpc) is 3.38. The van der Waals surface area contributed by atoms with E-state index in [1.165, 1.54) is 11.1 Å². The van der Waals surface area contributed by atoms with E-state index in [0.29, 0.717) is 35.1 Å². The quantitative estimate of drug-likeness (QED) is 0.181. The van der Waals surface area contributed by atoms with Gasteiger partial charge >= 0.3 is 5.97 Å². The molecule has 1 aromatic carbocycles. The first-order chi connectivity index (χ1) is 22.9. The lowest BCUT2D eigenvalue weighted by Crippen LogP contribution is -2.68. The van der Waals surface area contributed by atoms with Crippen LogP contribution in [0.2, 0.25) is 0 Å². The lowest BCUT2D eigenvalue weighted by atomic mass is 9.32. The third-order valence-electron chi connectivity index (χ3n) is 15.4. The van der Waals surface area contributed by atoms with Crippen LogP contribution in [-0.2, 0) is 4.79 Å². The molecule has 49 heavy (non-hydrogen) atoms. The van der Waals surface area contributed by atoms with Crippen molar-refractivity contribution in [2.45, 2.75) is 106 Å². The van der Waals surface area contributed by atoms with Gasteiger partial charge in [-0.3, -0.25) is 4.79 Å². The Hall–Kier alpha value is -2.73. The van der Waals surface area contributed by atoms with E-state index in [-0.39, 0.29) is 33.0 Å². The molecule has 9 atom stereocenters. The topological polar surface area (TPSA) is 93.5 Å². The van der Waals surface area contributed by atoms with Crippen molar-refractivity contribution in [1.29, 1.82) is 5.41 Å². The van der Waals surface area contributed by atoms with Gasteiger partial charge in [-0.2, -0.15) is 0 Å². The van der Waals surface area contributed by atoms with E-state index in [1.54, 1.807) is 12.1 Å². The van der Waals surface area contributed by atoms with Crippen LogP contribution in [0.1, 0.15) is 122 Å². The molecule has 4 saturated carbocycles. The highest BCUT2D eigenvalue weighted by Gasteiger charge is 2.72. The molecule has 0 spiro atoms. The maximum atomic E-state index is 14.4. The van der Waals surface area contributed by atoms with Crippen LogP contribution in [0.15, 0.2) is 42.5 Å². The number of nitrogens with one attached hydrogen (secondary N) is 2. The zero-order valence-corrected chi connectivity index (χ0v) is 31.7. The first-order valence-electron chi connectivity index (χ1n) is 19.1. The maximum absolute atomic E-state index is 14.4. The Bertz CT molecular complexity index is 1540. The minimum atomic E-state index is -0.905. The molecule has 0 saturated heterocycles. The first-order valence-corrected chi connectivity index (χ1v) is 19.1. The SMILES string of the molecule is C=C(C)CC1CCC2(C(=O)NCCCN(C)C)CCC3(C)C(CCC4C5(C)CC=C(c6ccc(C(=O)O)cc6)C(C)(C)C5C(=N)CC43C)C12. The Morgan fingerprint density at radius 3 is 2.33 bits per heavy atom. The molecular formula is C43H63N3O3. The minimum Gasteiger partial charge on any atom is -0.478 e. The zero-order valence-electron chi connectivity index (χ0n) is 31.7. The summed E-state index contributed by atoms with van der Waals surface area (Å²) in [5.74, 6) is 1.32. The number of nitrogens with zero attached hydrogens (tertiary/aromatic N) is 1. The van der Waals surface area contributed by atoms with E-state index in [0.717, 1.165) is 88.6 Å². The number of amides is 1. The van der Waals surface area contributed by atoms with Crippen LogP contribution >= 0.6 is 0 Å². The summed E-state index contributed by atoms with van der Waals surface area (Å²) in [5, 5.41) is 22.8. The molecule has 4 fully saturated rings. The van der Waals surface area contributed by atoms with Crippen molar-refractivity contribution in [3.8, 4) is 0 Å². The van der Waals surface area contributed by atoms with Crippen molar-refractivity contribution in [3.05, 3.63) is 53.6 Å². The molecule has 1 amide bonds. The molecule has 1 aromatic rings. The number of benzene rings is 1. The smallest absolute Gasteiger partial charge is 0.335 e.